The van der Waals surface area contributed by atoms with E-state index in [-0.39, 0.29) is 12.6 Å². The van der Waals surface area contributed by atoms with E-state index in [4.69, 9.17) is 5.11 Å². The lowest BCUT2D eigenvalue weighted by molar-refractivity contribution is 0.0216. The van der Waals surface area contributed by atoms with E-state index in [0.29, 0.717) is 6.54 Å². The fourth-order valence-electron chi connectivity index (χ4n) is 1.80. The zero-order valence-electron chi connectivity index (χ0n) is 8.06. The highest BCUT2D eigenvalue weighted by atomic mass is 16.3. The molecule has 78 valence electrons. The number of unbranched alkanes of at least 4 members (excludes halogenated alkanes) is 1. The van der Waals surface area contributed by atoms with Crippen molar-refractivity contribution in [2.45, 2.75) is 38.0 Å². The molecule has 1 fully saturated rings. The standard InChI is InChI=1S/C9H19NO3/c1-2-3-4-10-5-8(12)9(13)7(10)6-11/h7-9,11-13H,2-6H2,1H3/t7-,8-,9+/m0/s1. The number of aliphatic hydroxyl groups is 3. The Balaban J connectivity index is 2.44. The van der Waals surface area contributed by atoms with Crippen LogP contribution in [-0.4, -0.2) is 58.2 Å². The lowest BCUT2D eigenvalue weighted by Crippen LogP contribution is -2.39. The van der Waals surface area contributed by atoms with Gasteiger partial charge in [0.15, 0.2) is 0 Å². The molecular weight excluding hydrogens is 170 g/mol. The van der Waals surface area contributed by atoms with Gasteiger partial charge in [0.2, 0.25) is 0 Å². The molecule has 4 nitrogen and oxygen atoms in total. The summed E-state index contributed by atoms with van der Waals surface area (Å²) in [4.78, 5) is 1.96. The maximum Gasteiger partial charge on any atom is 0.0988 e. The molecule has 0 aromatic heterocycles. The molecule has 0 saturated carbocycles. The van der Waals surface area contributed by atoms with Gasteiger partial charge in [-0.15, -0.1) is 0 Å². The smallest absolute Gasteiger partial charge is 0.0988 e. The van der Waals surface area contributed by atoms with Gasteiger partial charge in [0.25, 0.3) is 0 Å². The van der Waals surface area contributed by atoms with Gasteiger partial charge in [-0.25, -0.2) is 0 Å². The Bertz CT molecular complexity index is 154. The largest absolute Gasteiger partial charge is 0.395 e. The second-order valence-electron chi connectivity index (χ2n) is 3.66. The quantitative estimate of drug-likeness (QED) is 0.541. The molecule has 1 heterocycles. The molecule has 4 heteroatoms. The number of hydrogen-bond donors (Lipinski definition) is 3. The van der Waals surface area contributed by atoms with Gasteiger partial charge in [-0.05, 0) is 13.0 Å². The van der Waals surface area contributed by atoms with E-state index in [9.17, 15) is 10.2 Å². The minimum atomic E-state index is -0.790. The van der Waals surface area contributed by atoms with Crippen molar-refractivity contribution in [3.63, 3.8) is 0 Å². The molecule has 0 aromatic carbocycles. The molecule has 1 rings (SSSR count). The molecule has 0 spiro atoms. The molecule has 13 heavy (non-hydrogen) atoms. The third-order valence-electron chi connectivity index (χ3n) is 2.66. The van der Waals surface area contributed by atoms with Crippen molar-refractivity contribution >= 4 is 0 Å². The fraction of sp³-hybridized carbons (Fsp3) is 1.00. The molecule has 3 N–H and O–H groups in total. The first kappa shape index (κ1) is 10.9. The Morgan fingerprint density at radius 1 is 1.38 bits per heavy atom. The molecule has 1 saturated heterocycles. The summed E-state index contributed by atoms with van der Waals surface area (Å²) >= 11 is 0. The van der Waals surface area contributed by atoms with E-state index >= 15 is 0 Å². The summed E-state index contributed by atoms with van der Waals surface area (Å²) in [6.07, 6.45) is 0.632. The number of hydrogen-bond acceptors (Lipinski definition) is 4. The summed E-state index contributed by atoms with van der Waals surface area (Å²) in [6, 6.07) is -0.276. The van der Waals surface area contributed by atoms with Crippen LogP contribution in [-0.2, 0) is 0 Å². The average Bonchev–Trinajstić information content (AvgIpc) is 2.39. The predicted octanol–water partition coefficient (Wildman–Crippen LogP) is -0.815. The van der Waals surface area contributed by atoms with Crippen LogP contribution in [0, 0.1) is 0 Å². The minimum Gasteiger partial charge on any atom is -0.395 e. The molecule has 0 aliphatic carbocycles. The van der Waals surface area contributed by atoms with Crippen molar-refractivity contribution in [1.82, 2.24) is 4.90 Å². The van der Waals surface area contributed by atoms with Crippen LogP contribution in [0.4, 0.5) is 0 Å². The summed E-state index contributed by atoms with van der Waals surface area (Å²) in [6.45, 7) is 3.33. The number of β-amino-alcohol motifs (C(OH)–C–C–N with tert-alkyl or cyclic N) is 1. The Hall–Kier alpha value is -0.160. The summed E-state index contributed by atoms with van der Waals surface area (Å²) in [5, 5.41) is 27.9. The molecule has 1 aliphatic heterocycles. The van der Waals surface area contributed by atoms with Crippen molar-refractivity contribution in [3.8, 4) is 0 Å². The minimum absolute atomic E-state index is 0.0814. The van der Waals surface area contributed by atoms with E-state index in [2.05, 4.69) is 6.92 Å². The average molecular weight is 189 g/mol. The van der Waals surface area contributed by atoms with Crippen LogP contribution < -0.4 is 0 Å². The Labute approximate surface area is 78.8 Å². The van der Waals surface area contributed by atoms with Crippen molar-refractivity contribution in [2.24, 2.45) is 0 Å². The first-order valence-corrected chi connectivity index (χ1v) is 4.91. The van der Waals surface area contributed by atoms with E-state index in [1.807, 2.05) is 4.90 Å². The van der Waals surface area contributed by atoms with Crippen molar-refractivity contribution in [3.05, 3.63) is 0 Å². The maximum absolute atomic E-state index is 9.48. The lowest BCUT2D eigenvalue weighted by atomic mass is 10.1. The summed E-state index contributed by atoms with van der Waals surface area (Å²) in [5.41, 5.74) is 0. The van der Waals surface area contributed by atoms with Gasteiger partial charge in [-0.1, -0.05) is 13.3 Å². The molecule has 0 unspecified atom stereocenters. The number of nitrogens with zero attached hydrogens (tertiary/aromatic N) is 1. The highest BCUT2D eigenvalue weighted by Gasteiger charge is 2.38. The van der Waals surface area contributed by atoms with Crippen LogP contribution in [0.3, 0.4) is 0 Å². The predicted molar refractivity (Wildman–Crippen MR) is 49.4 cm³/mol. The summed E-state index contributed by atoms with van der Waals surface area (Å²) < 4.78 is 0. The van der Waals surface area contributed by atoms with Gasteiger partial charge >= 0.3 is 0 Å². The van der Waals surface area contributed by atoms with Crippen molar-refractivity contribution in [1.29, 1.82) is 0 Å². The van der Waals surface area contributed by atoms with Crippen LogP contribution in [0.2, 0.25) is 0 Å². The molecule has 0 bridgehead atoms. The van der Waals surface area contributed by atoms with E-state index in [1.54, 1.807) is 0 Å². The Morgan fingerprint density at radius 2 is 2.08 bits per heavy atom. The Kier molecular flexibility index (Phi) is 4.12. The molecule has 0 radical (unpaired) electrons. The zero-order chi connectivity index (χ0) is 9.84. The monoisotopic (exact) mass is 189 g/mol. The molecule has 0 amide bonds. The van der Waals surface area contributed by atoms with Gasteiger partial charge in [-0.2, -0.15) is 0 Å². The Morgan fingerprint density at radius 3 is 2.62 bits per heavy atom. The van der Waals surface area contributed by atoms with Gasteiger partial charge in [0, 0.05) is 6.54 Å². The second-order valence-corrected chi connectivity index (χ2v) is 3.66. The van der Waals surface area contributed by atoms with E-state index in [1.165, 1.54) is 0 Å². The fourth-order valence-corrected chi connectivity index (χ4v) is 1.80. The highest BCUT2D eigenvalue weighted by Crippen LogP contribution is 2.18. The first-order valence-electron chi connectivity index (χ1n) is 4.91. The third kappa shape index (κ3) is 2.40. The second kappa shape index (κ2) is 4.91. The zero-order valence-corrected chi connectivity index (χ0v) is 8.06. The van der Waals surface area contributed by atoms with Crippen molar-refractivity contribution < 1.29 is 15.3 Å². The lowest BCUT2D eigenvalue weighted by Gasteiger charge is -2.23. The van der Waals surface area contributed by atoms with Crippen LogP contribution in [0.15, 0.2) is 0 Å². The molecular formula is C9H19NO3. The van der Waals surface area contributed by atoms with Crippen LogP contribution in [0.5, 0.6) is 0 Å². The normalized spacial score (nSPS) is 35.5. The summed E-state index contributed by atoms with van der Waals surface area (Å²) in [5.74, 6) is 0. The summed E-state index contributed by atoms with van der Waals surface area (Å²) in [7, 11) is 0. The van der Waals surface area contributed by atoms with Gasteiger partial charge in [0.05, 0.1) is 24.9 Å². The van der Waals surface area contributed by atoms with Crippen LogP contribution in [0.1, 0.15) is 19.8 Å². The highest BCUT2D eigenvalue weighted by molar-refractivity contribution is 4.92. The number of aliphatic hydroxyl groups excluding tert-OH is 3. The topological polar surface area (TPSA) is 63.9 Å². The number of rotatable bonds is 4. The van der Waals surface area contributed by atoms with E-state index < -0.39 is 12.2 Å². The van der Waals surface area contributed by atoms with E-state index in [0.717, 1.165) is 19.4 Å². The number of likely N-dealkylation sites (tertiary alicyclic amines) is 1. The van der Waals surface area contributed by atoms with Gasteiger partial charge in [0.1, 0.15) is 0 Å². The molecule has 0 aromatic rings. The molecule has 1 aliphatic rings. The third-order valence-corrected chi connectivity index (χ3v) is 2.66. The van der Waals surface area contributed by atoms with Gasteiger partial charge < -0.3 is 15.3 Å². The van der Waals surface area contributed by atoms with Crippen LogP contribution >= 0.6 is 0 Å². The first-order chi connectivity index (χ1) is 6.20. The maximum atomic E-state index is 9.48. The van der Waals surface area contributed by atoms with Crippen LogP contribution in [0.25, 0.3) is 0 Å². The molecule has 3 atom stereocenters. The van der Waals surface area contributed by atoms with Gasteiger partial charge in [-0.3, -0.25) is 4.90 Å². The SMILES string of the molecule is CCCCN1C[C@H](O)[C@H](O)[C@@H]1CO. The van der Waals surface area contributed by atoms with Crippen molar-refractivity contribution in [2.75, 3.05) is 19.7 Å².